The van der Waals surface area contributed by atoms with Gasteiger partial charge in [-0.25, -0.2) is 5.43 Å². The van der Waals surface area contributed by atoms with Gasteiger partial charge >= 0.3 is 0 Å². The van der Waals surface area contributed by atoms with Crippen molar-refractivity contribution in [1.82, 2.24) is 5.43 Å². The standard InChI is InChI=1S/C20H23ClN2O3S/c1-4-17(14-9-10-18(25-2)19(11-14)26-3)22-23-20(24)13-27-12-15-7-5-6-8-16(15)21/h5-11H,4,12-13H2,1-3H3,(H,23,24)/b22-17-. The largest absolute Gasteiger partial charge is 0.493 e. The van der Waals surface area contributed by atoms with Crippen LogP contribution in [0.1, 0.15) is 24.5 Å². The van der Waals surface area contributed by atoms with Gasteiger partial charge in [0.1, 0.15) is 0 Å². The summed E-state index contributed by atoms with van der Waals surface area (Å²) in [6.45, 7) is 1.98. The smallest absolute Gasteiger partial charge is 0.250 e. The molecule has 0 bridgehead atoms. The molecule has 0 aliphatic heterocycles. The molecule has 1 N–H and O–H groups in total. The molecule has 0 radical (unpaired) electrons. The Morgan fingerprint density at radius 1 is 1.15 bits per heavy atom. The highest BCUT2D eigenvalue weighted by molar-refractivity contribution is 7.99. The highest BCUT2D eigenvalue weighted by Crippen LogP contribution is 2.28. The molecule has 2 aromatic carbocycles. The van der Waals surface area contributed by atoms with Crippen LogP contribution in [0.3, 0.4) is 0 Å². The molecule has 0 saturated heterocycles. The lowest BCUT2D eigenvalue weighted by molar-refractivity contribution is -0.118. The molecule has 7 heteroatoms. The minimum atomic E-state index is -0.154. The van der Waals surface area contributed by atoms with E-state index >= 15 is 0 Å². The molecule has 0 unspecified atom stereocenters. The van der Waals surface area contributed by atoms with Crippen molar-refractivity contribution in [3.05, 3.63) is 58.6 Å². The van der Waals surface area contributed by atoms with Crippen LogP contribution in [0.25, 0.3) is 0 Å². The number of methoxy groups -OCH3 is 2. The van der Waals surface area contributed by atoms with Gasteiger partial charge in [0, 0.05) is 16.3 Å². The molecule has 0 atom stereocenters. The topological polar surface area (TPSA) is 59.9 Å². The first kappa shape index (κ1) is 21.1. The number of halogens is 1. The fourth-order valence-corrected chi connectivity index (χ4v) is 3.50. The second kappa shape index (κ2) is 10.8. The maximum Gasteiger partial charge on any atom is 0.250 e. The van der Waals surface area contributed by atoms with Gasteiger partial charge < -0.3 is 9.47 Å². The molecule has 1 amide bonds. The van der Waals surface area contributed by atoms with Crippen molar-refractivity contribution in [2.24, 2.45) is 5.10 Å². The number of nitrogens with zero attached hydrogens (tertiary/aromatic N) is 1. The molecule has 0 aromatic heterocycles. The molecule has 0 aliphatic carbocycles. The lowest BCUT2D eigenvalue weighted by Crippen LogP contribution is -2.21. The molecule has 5 nitrogen and oxygen atoms in total. The van der Waals surface area contributed by atoms with E-state index in [0.29, 0.717) is 34.4 Å². The third kappa shape index (κ3) is 6.19. The van der Waals surface area contributed by atoms with Crippen molar-refractivity contribution in [1.29, 1.82) is 0 Å². The fourth-order valence-electron chi connectivity index (χ4n) is 2.39. The van der Waals surface area contributed by atoms with Crippen LogP contribution in [-0.4, -0.2) is 31.6 Å². The Morgan fingerprint density at radius 2 is 1.89 bits per heavy atom. The lowest BCUT2D eigenvalue weighted by atomic mass is 10.1. The van der Waals surface area contributed by atoms with Crippen LogP contribution in [0.2, 0.25) is 5.02 Å². The molecular weight excluding hydrogens is 384 g/mol. The average molecular weight is 407 g/mol. The fraction of sp³-hybridized carbons (Fsp3) is 0.300. The first-order chi connectivity index (χ1) is 13.1. The number of rotatable bonds is 9. The van der Waals surface area contributed by atoms with Crippen molar-refractivity contribution < 1.29 is 14.3 Å². The zero-order valence-corrected chi connectivity index (χ0v) is 17.2. The van der Waals surface area contributed by atoms with Gasteiger partial charge in [0.15, 0.2) is 11.5 Å². The Balaban J connectivity index is 1.94. The van der Waals surface area contributed by atoms with E-state index in [1.54, 1.807) is 14.2 Å². The molecule has 2 aromatic rings. The monoisotopic (exact) mass is 406 g/mol. The van der Waals surface area contributed by atoms with Gasteiger partial charge in [-0.3, -0.25) is 4.79 Å². The third-order valence-corrected chi connectivity index (χ3v) is 5.17. The van der Waals surface area contributed by atoms with Crippen molar-refractivity contribution in [3.63, 3.8) is 0 Å². The molecule has 0 fully saturated rings. The van der Waals surface area contributed by atoms with Gasteiger partial charge in [0.05, 0.1) is 25.7 Å². The number of hydrogen-bond acceptors (Lipinski definition) is 5. The zero-order chi connectivity index (χ0) is 19.6. The van der Waals surface area contributed by atoms with Crippen molar-refractivity contribution in [3.8, 4) is 11.5 Å². The Morgan fingerprint density at radius 3 is 2.56 bits per heavy atom. The van der Waals surface area contributed by atoms with Crippen molar-refractivity contribution >= 4 is 35.0 Å². The van der Waals surface area contributed by atoms with Gasteiger partial charge in [-0.05, 0) is 36.2 Å². The lowest BCUT2D eigenvalue weighted by Gasteiger charge is -2.10. The molecule has 144 valence electrons. The summed E-state index contributed by atoms with van der Waals surface area (Å²) >= 11 is 7.61. The van der Waals surface area contributed by atoms with E-state index in [4.69, 9.17) is 21.1 Å². The van der Waals surface area contributed by atoms with Crippen LogP contribution in [0.4, 0.5) is 0 Å². The number of ether oxygens (including phenoxy) is 2. The van der Waals surface area contributed by atoms with Gasteiger partial charge in [-0.1, -0.05) is 36.7 Å². The summed E-state index contributed by atoms with van der Waals surface area (Å²) in [5.74, 6) is 2.10. The van der Waals surface area contributed by atoms with E-state index in [9.17, 15) is 4.79 Å². The van der Waals surface area contributed by atoms with Gasteiger partial charge in [-0.15, -0.1) is 11.8 Å². The van der Waals surface area contributed by atoms with Crippen LogP contribution >= 0.6 is 23.4 Å². The Hall–Kier alpha value is -2.18. The predicted octanol–water partition coefficient (Wildman–Crippen LogP) is 4.52. The minimum Gasteiger partial charge on any atom is -0.493 e. The number of nitrogens with one attached hydrogen (secondary N) is 1. The predicted molar refractivity (Wildman–Crippen MR) is 112 cm³/mol. The molecular formula is C20H23ClN2O3S. The summed E-state index contributed by atoms with van der Waals surface area (Å²) in [7, 11) is 3.18. The summed E-state index contributed by atoms with van der Waals surface area (Å²) in [6, 6.07) is 13.2. The van der Waals surface area contributed by atoms with Crippen molar-refractivity contribution in [2.75, 3.05) is 20.0 Å². The number of amides is 1. The molecule has 27 heavy (non-hydrogen) atoms. The second-order valence-electron chi connectivity index (χ2n) is 5.60. The molecule has 2 rings (SSSR count). The Labute approximate surface area is 169 Å². The maximum atomic E-state index is 12.1. The third-order valence-electron chi connectivity index (χ3n) is 3.82. The summed E-state index contributed by atoms with van der Waals surface area (Å²) in [5, 5.41) is 4.98. The van der Waals surface area contributed by atoms with Crippen LogP contribution < -0.4 is 14.9 Å². The summed E-state index contributed by atoms with van der Waals surface area (Å²) in [5.41, 5.74) is 5.27. The van der Waals surface area contributed by atoms with E-state index in [2.05, 4.69) is 10.5 Å². The molecule has 0 saturated carbocycles. The number of carbonyl (C=O) groups is 1. The van der Waals surface area contributed by atoms with Crippen LogP contribution in [0.15, 0.2) is 47.6 Å². The second-order valence-corrected chi connectivity index (χ2v) is 6.99. The number of thioether (sulfide) groups is 1. The van der Waals surface area contributed by atoms with E-state index in [1.807, 2.05) is 49.4 Å². The maximum absolute atomic E-state index is 12.1. The Kier molecular flexibility index (Phi) is 8.48. The van der Waals surface area contributed by atoms with Gasteiger partial charge in [0.2, 0.25) is 5.91 Å². The first-order valence-electron chi connectivity index (χ1n) is 8.48. The molecule has 0 heterocycles. The van der Waals surface area contributed by atoms with Gasteiger partial charge in [0.25, 0.3) is 0 Å². The quantitative estimate of drug-likeness (QED) is 0.491. The van der Waals surface area contributed by atoms with Gasteiger partial charge in [-0.2, -0.15) is 5.10 Å². The van der Waals surface area contributed by atoms with Crippen molar-refractivity contribution in [2.45, 2.75) is 19.1 Å². The number of benzene rings is 2. The normalized spacial score (nSPS) is 11.2. The highest BCUT2D eigenvalue weighted by Gasteiger charge is 2.09. The summed E-state index contributed by atoms with van der Waals surface area (Å²) < 4.78 is 10.6. The van der Waals surface area contributed by atoms with E-state index in [0.717, 1.165) is 16.8 Å². The molecule has 0 spiro atoms. The number of hydrogen-bond donors (Lipinski definition) is 1. The molecule has 0 aliphatic rings. The van der Waals surface area contributed by atoms with E-state index in [-0.39, 0.29) is 5.91 Å². The first-order valence-corrected chi connectivity index (χ1v) is 10.0. The van der Waals surface area contributed by atoms with E-state index in [1.165, 1.54) is 11.8 Å². The number of carbonyl (C=O) groups excluding carboxylic acids is 1. The minimum absolute atomic E-state index is 0.154. The SMILES string of the molecule is CC/C(=N/NC(=O)CSCc1ccccc1Cl)c1ccc(OC)c(OC)c1. The van der Waals surface area contributed by atoms with E-state index < -0.39 is 0 Å². The van der Waals surface area contributed by atoms with Crippen LogP contribution in [0, 0.1) is 0 Å². The summed E-state index contributed by atoms with van der Waals surface area (Å²) in [6.07, 6.45) is 0.669. The Bertz CT molecular complexity index is 812. The summed E-state index contributed by atoms with van der Waals surface area (Å²) in [4.78, 5) is 12.1. The number of hydrazone groups is 1. The highest BCUT2D eigenvalue weighted by atomic mass is 35.5. The zero-order valence-electron chi connectivity index (χ0n) is 15.6. The average Bonchev–Trinajstić information content (AvgIpc) is 2.69. The van der Waals surface area contributed by atoms with Crippen LogP contribution in [0.5, 0.6) is 11.5 Å². The van der Waals surface area contributed by atoms with Crippen LogP contribution in [-0.2, 0) is 10.5 Å².